The summed E-state index contributed by atoms with van der Waals surface area (Å²) in [4.78, 5) is 27.9. The zero-order valence-corrected chi connectivity index (χ0v) is 26.7. The summed E-state index contributed by atoms with van der Waals surface area (Å²) in [7, 11) is 0. The summed E-state index contributed by atoms with van der Waals surface area (Å²) in [6.45, 7) is 3.30. The van der Waals surface area contributed by atoms with Gasteiger partial charge in [0, 0.05) is 22.5 Å². The van der Waals surface area contributed by atoms with Crippen molar-refractivity contribution in [2.45, 2.75) is 57.2 Å². The van der Waals surface area contributed by atoms with Gasteiger partial charge in [-0.3, -0.25) is 9.59 Å². The van der Waals surface area contributed by atoms with Crippen molar-refractivity contribution in [1.29, 1.82) is 0 Å². The maximum Gasteiger partial charge on any atom is 1.00 e. The van der Waals surface area contributed by atoms with Crippen LogP contribution in [0, 0.1) is 17.5 Å². The van der Waals surface area contributed by atoms with E-state index in [0.29, 0.717) is 33.6 Å². The topological polar surface area (TPSA) is 123 Å². The number of aromatic amines is 1. The van der Waals surface area contributed by atoms with Gasteiger partial charge in [0.1, 0.15) is 17.5 Å². The molecule has 7 nitrogen and oxygen atoms in total. The van der Waals surface area contributed by atoms with Crippen LogP contribution in [-0.4, -0.2) is 44.4 Å². The SMILES string of the molecule is CC(C)(C(=O)Nc1ccccc1F)c1[nH]c(CC[C@@H](O)C[C@@H](O)CC(=O)O)c(-c2ccc(F)cc2)c1-c1ccc(F)cc1.[H-].[Na+]. The number of amides is 1. The van der Waals surface area contributed by atoms with Crippen LogP contribution in [0.1, 0.15) is 45.9 Å². The van der Waals surface area contributed by atoms with E-state index >= 15 is 0 Å². The van der Waals surface area contributed by atoms with Crippen molar-refractivity contribution in [2.75, 3.05) is 5.32 Å². The van der Waals surface area contributed by atoms with Gasteiger partial charge in [-0.25, -0.2) is 13.2 Å². The summed E-state index contributed by atoms with van der Waals surface area (Å²) in [6.07, 6.45) is -2.63. The number of carboxylic acid groups (broad SMARTS) is 1. The maximum absolute atomic E-state index is 14.4. The number of carboxylic acids is 1. The second kappa shape index (κ2) is 15.0. The Bertz CT molecular complexity index is 1600. The standard InChI is InChI=1S/C33H33F3N2O5.Na.H/c1-33(2,32(43)38-26-6-4-3-5-25(26)36)31-30(20-9-13-22(35)14-10-20)29(19-7-11-21(34)12-8-19)27(37-31)16-15-23(39)17-24(40)18-28(41)42;;/h3-14,23-24,37,39-40H,15-18H2,1-2H3,(H,38,43)(H,41,42);;/q;+1;-1/t23-,24-;;/m1../s1. The average molecular weight is 619 g/mol. The zero-order valence-electron chi connectivity index (χ0n) is 25.7. The van der Waals surface area contributed by atoms with Crippen molar-refractivity contribution in [3.8, 4) is 22.3 Å². The molecule has 0 fully saturated rings. The first-order valence-electron chi connectivity index (χ1n) is 13.8. The Hall–Kier alpha value is -3.41. The molecule has 1 aromatic heterocycles. The first kappa shape index (κ1) is 35.1. The number of carbonyl (C=O) groups is 2. The molecule has 0 saturated heterocycles. The van der Waals surface area contributed by atoms with E-state index in [1.54, 1.807) is 44.2 Å². The van der Waals surface area contributed by atoms with Gasteiger partial charge in [0.2, 0.25) is 5.91 Å². The summed E-state index contributed by atoms with van der Waals surface area (Å²) in [6, 6.07) is 17.1. The van der Waals surface area contributed by atoms with Gasteiger partial charge in [0.15, 0.2) is 0 Å². The third-order valence-corrected chi connectivity index (χ3v) is 7.34. The summed E-state index contributed by atoms with van der Waals surface area (Å²) >= 11 is 0. The molecule has 1 amide bonds. The van der Waals surface area contributed by atoms with Crippen LogP contribution in [0.15, 0.2) is 72.8 Å². The molecule has 228 valence electrons. The third-order valence-electron chi connectivity index (χ3n) is 7.34. The maximum atomic E-state index is 14.4. The number of H-pyrrole nitrogens is 1. The summed E-state index contributed by atoms with van der Waals surface area (Å²) in [5.74, 6) is -3.26. The van der Waals surface area contributed by atoms with E-state index in [1.807, 2.05) is 0 Å². The number of hydrogen-bond acceptors (Lipinski definition) is 4. The van der Waals surface area contributed by atoms with E-state index in [-0.39, 0.29) is 55.9 Å². The van der Waals surface area contributed by atoms with Crippen molar-refractivity contribution in [1.82, 2.24) is 4.98 Å². The molecule has 0 unspecified atom stereocenters. The van der Waals surface area contributed by atoms with Crippen LogP contribution in [-0.2, 0) is 21.4 Å². The molecule has 2 atom stereocenters. The molecule has 4 aromatic rings. The number of hydrogen-bond donors (Lipinski definition) is 5. The number of nitrogens with one attached hydrogen (secondary N) is 2. The average Bonchev–Trinajstić information content (AvgIpc) is 3.33. The molecule has 44 heavy (non-hydrogen) atoms. The van der Waals surface area contributed by atoms with Gasteiger partial charge in [-0.2, -0.15) is 0 Å². The minimum absolute atomic E-state index is 0. The fourth-order valence-corrected chi connectivity index (χ4v) is 5.03. The summed E-state index contributed by atoms with van der Waals surface area (Å²) in [5, 5.41) is 32.1. The van der Waals surface area contributed by atoms with Gasteiger partial charge in [-0.15, -0.1) is 0 Å². The monoisotopic (exact) mass is 618 g/mol. The van der Waals surface area contributed by atoms with Crippen LogP contribution in [0.4, 0.5) is 18.9 Å². The number of aryl methyl sites for hydroxylation is 1. The Morgan fingerprint density at radius 1 is 0.864 bits per heavy atom. The van der Waals surface area contributed by atoms with Crippen LogP contribution < -0.4 is 34.9 Å². The largest absolute Gasteiger partial charge is 1.00 e. The number of aliphatic carboxylic acids is 1. The molecular weight excluding hydrogens is 584 g/mol. The van der Waals surface area contributed by atoms with Crippen molar-refractivity contribution >= 4 is 17.6 Å². The van der Waals surface area contributed by atoms with E-state index in [2.05, 4.69) is 10.3 Å². The quantitative estimate of drug-likeness (QED) is 0.156. The molecule has 0 bridgehead atoms. The second-order valence-corrected chi connectivity index (χ2v) is 11.0. The van der Waals surface area contributed by atoms with Crippen LogP contribution in [0.25, 0.3) is 22.3 Å². The predicted molar refractivity (Wildman–Crippen MR) is 158 cm³/mol. The number of rotatable bonds is 12. The number of carbonyl (C=O) groups excluding carboxylic acids is 1. The van der Waals surface area contributed by atoms with Gasteiger partial charge in [0.25, 0.3) is 0 Å². The van der Waals surface area contributed by atoms with E-state index in [0.717, 1.165) is 0 Å². The van der Waals surface area contributed by atoms with Gasteiger partial charge in [-0.1, -0.05) is 36.4 Å². The number of benzene rings is 3. The van der Waals surface area contributed by atoms with E-state index < -0.39 is 53.4 Å². The normalized spacial score (nSPS) is 12.7. The van der Waals surface area contributed by atoms with E-state index in [4.69, 9.17) is 5.11 Å². The smallest absolute Gasteiger partial charge is 1.00 e. The Morgan fingerprint density at radius 3 is 1.95 bits per heavy atom. The van der Waals surface area contributed by atoms with Crippen LogP contribution in [0.3, 0.4) is 0 Å². The minimum Gasteiger partial charge on any atom is -1.00 e. The van der Waals surface area contributed by atoms with Gasteiger partial charge in [0.05, 0.1) is 29.7 Å². The molecule has 0 aliphatic carbocycles. The Morgan fingerprint density at radius 2 is 1.41 bits per heavy atom. The van der Waals surface area contributed by atoms with Crippen molar-refractivity contribution in [3.63, 3.8) is 0 Å². The van der Waals surface area contributed by atoms with Gasteiger partial charge >= 0.3 is 35.5 Å². The molecule has 0 aliphatic heterocycles. The number of aromatic nitrogens is 1. The van der Waals surface area contributed by atoms with E-state index in [1.165, 1.54) is 42.5 Å². The van der Waals surface area contributed by atoms with Gasteiger partial charge < -0.3 is 27.0 Å². The Balaban J connectivity index is 0.00000353. The molecule has 11 heteroatoms. The van der Waals surface area contributed by atoms with E-state index in [9.17, 15) is 33.0 Å². The van der Waals surface area contributed by atoms with Crippen LogP contribution in [0.2, 0.25) is 0 Å². The zero-order chi connectivity index (χ0) is 31.3. The molecule has 5 N–H and O–H groups in total. The molecule has 1 heterocycles. The third kappa shape index (κ3) is 8.40. The second-order valence-electron chi connectivity index (χ2n) is 11.0. The van der Waals surface area contributed by atoms with Crippen LogP contribution >= 0.6 is 0 Å². The number of para-hydroxylation sites is 1. The van der Waals surface area contributed by atoms with Crippen molar-refractivity contribution < 1.29 is 69.1 Å². The number of aliphatic hydroxyl groups is 2. The number of anilines is 1. The number of halogens is 3. The molecular formula is C33H34F3N2NaO5. The fraction of sp³-hybridized carbons (Fsp3) is 0.273. The predicted octanol–water partition coefficient (Wildman–Crippen LogP) is 3.32. The molecule has 3 aromatic carbocycles. The Labute approximate surface area is 276 Å². The summed E-state index contributed by atoms with van der Waals surface area (Å²) in [5.41, 5.74) is 1.95. The fourth-order valence-electron chi connectivity index (χ4n) is 5.03. The van der Waals surface area contributed by atoms with Crippen molar-refractivity contribution in [3.05, 3.63) is 102 Å². The minimum atomic E-state index is -1.31. The Kier molecular flexibility index (Phi) is 12.0. The molecule has 0 radical (unpaired) electrons. The molecule has 0 aliphatic rings. The van der Waals surface area contributed by atoms with Crippen molar-refractivity contribution in [2.24, 2.45) is 0 Å². The molecule has 0 saturated carbocycles. The molecule has 4 rings (SSSR count). The first-order chi connectivity index (χ1) is 20.4. The molecule has 0 spiro atoms. The van der Waals surface area contributed by atoms with Crippen LogP contribution in [0.5, 0.6) is 0 Å². The number of aliphatic hydroxyl groups excluding tert-OH is 2. The van der Waals surface area contributed by atoms with Gasteiger partial charge in [-0.05, 0) is 80.6 Å². The first-order valence-corrected chi connectivity index (χ1v) is 13.8. The summed E-state index contributed by atoms with van der Waals surface area (Å²) < 4.78 is 42.3.